The van der Waals surface area contributed by atoms with Crippen molar-refractivity contribution in [2.75, 3.05) is 25.1 Å². The highest BCUT2D eigenvalue weighted by Gasteiger charge is 2.33. The van der Waals surface area contributed by atoms with Crippen LogP contribution in [0.15, 0.2) is 30.3 Å². The molecule has 0 saturated carbocycles. The SMILES string of the molecule is COC(=O)c1cc(N2CCC(C(C)(C)O)CC2)c(C(=N)C(C)C)c([NH2+]c2ccc(F)cc2)n1. The van der Waals surface area contributed by atoms with E-state index < -0.39 is 11.6 Å². The Hall–Kier alpha value is -2.84. The molecule has 2 heterocycles. The van der Waals surface area contributed by atoms with Gasteiger partial charge in [0.1, 0.15) is 17.1 Å². The van der Waals surface area contributed by atoms with Gasteiger partial charge in [-0.25, -0.2) is 9.18 Å². The Balaban J connectivity index is 2.10. The van der Waals surface area contributed by atoms with Gasteiger partial charge in [0.2, 0.25) is 5.82 Å². The minimum absolute atomic E-state index is 0.0659. The van der Waals surface area contributed by atoms with Crippen LogP contribution in [0, 0.1) is 23.1 Å². The van der Waals surface area contributed by atoms with E-state index in [1.54, 1.807) is 23.5 Å². The molecule has 2 aromatic rings. The number of methoxy groups -OCH3 is 1. The summed E-state index contributed by atoms with van der Waals surface area (Å²) in [6, 6.07) is 7.71. The van der Waals surface area contributed by atoms with Crippen molar-refractivity contribution in [3.63, 3.8) is 0 Å². The molecule has 0 radical (unpaired) electrons. The molecule has 0 atom stereocenters. The first-order valence-electron chi connectivity index (χ1n) is 11.3. The van der Waals surface area contributed by atoms with E-state index in [9.17, 15) is 14.3 Å². The molecule has 0 bridgehead atoms. The molecule has 0 aliphatic carbocycles. The zero-order chi connectivity index (χ0) is 24.3. The smallest absolute Gasteiger partial charge is 0.356 e. The molecule has 1 aromatic heterocycles. The first kappa shape index (κ1) is 24.8. The van der Waals surface area contributed by atoms with E-state index >= 15 is 0 Å². The summed E-state index contributed by atoms with van der Waals surface area (Å²) >= 11 is 0. The normalized spacial score (nSPS) is 15.1. The summed E-state index contributed by atoms with van der Waals surface area (Å²) in [6.07, 6.45) is 1.59. The Labute approximate surface area is 194 Å². The number of aromatic nitrogens is 1. The second-order valence-corrected chi connectivity index (χ2v) is 9.46. The maximum atomic E-state index is 13.4. The van der Waals surface area contributed by atoms with E-state index in [1.807, 2.05) is 27.7 Å². The van der Waals surface area contributed by atoms with E-state index in [1.165, 1.54) is 19.2 Å². The highest BCUT2D eigenvalue weighted by atomic mass is 19.1. The number of carbonyl (C=O) groups excluding carboxylic acids is 1. The summed E-state index contributed by atoms with van der Waals surface area (Å²) in [5.41, 5.74) is 1.94. The number of ether oxygens (including phenoxy) is 1. The highest BCUT2D eigenvalue weighted by molar-refractivity contribution is 6.08. The van der Waals surface area contributed by atoms with Crippen molar-refractivity contribution in [2.45, 2.75) is 46.1 Å². The summed E-state index contributed by atoms with van der Waals surface area (Å²) < 4.78 is 18.4. The Kier molecular flexibility index (Phi) is 7.49. The van der Waals surface area contributed by atoms with Gasteiger partial charge in [0, 0.05) is 25.2 Å². The lowest BCUT2D eigenvalue weighted by Crippen LogP contribution is -2.72. The molecule has 8 heteroatoms. The largest absolute Gasteiger partial charge is 0.464 e. The molecule has 1 aliphatic rings. The molecule has 1 saturated heterocycles. The minimum atomic E-state index is -0.753. The zero-order valence-corrected chi connectivity index (χ0v) is 20.0. The fourth-order valence-corrected chi connectivity index (χ4v) is 4.22. The van der Waals surface area contributed by atoms with Crippen LogP contribution in [-0.4, -0.2) is 47.6 Å². The molecule has 0 amide bonds. The number of anilines is 1. The van der Waals surface area contributed by atoms with Crippen LogP contribution in [0.2, 0.25) is 0 Å². The Morgan fingerprint density at radius 3 is 2.39 bits per heavy atom. The average Bonchev–Trinajstić information content (AvgIpc) is 2.78. The van der Waals surface area contributed by atoms with Gasteiger partial charge in [0.25, 0.3) is 0 Å². The number of benzene rings is 1. The van der Waals surface area contributed by atoms with Crippen LogP contribution >= 0.6 is 0 Å². The van der Waals surface area contributed by atoms with Crippen LogP contribution in [-0.2, 0) is 4.74 Å². The van der Waals surface area contributed by atoms with Gasteiger partial charge in [0.05, 0.1) is 24.1 Å². The third-order valence-corrected chi connectivity index (χ3v) is 6.28. The lowest BCUT2D eigenvalue weighted by atomic mass is 9.83. The van der Waals surface area contributed by atoms with E-state index in [0.29, 0.717) is 30.2 Å². The van der Waals surface area contributed by atoms with Crippen LogP contribution in [0.3, 0.4) is 0 Å². The third-order valence-electron chi connectivity index (χ3n) is 6.28. The number of carbonyl (C=O) groups is 1. The van der Waals surface area contributed by atoms with Crippen molar-refractivity contribution in [1.82, 2.24) is 4.98 Å². The maximum absolute atomic E-state index is 13.4. The average molecular weight is 458 g/mol. The number of halogens is 1. The molecule has 3 rings (SSSR count). The number of piperidine rings is 1. The van der Waals surface area contributed by atoms with Gasteiger partial charge in [-0.2, -0.15) is 4.98 Å². The third kappa shape index (κ3) is 5.75. The van der Waals surface area contributed by atoms with E-state index in [-0.39, 0.29) is 23.3 Å². The quantitative estimate of drug-likeness (QED) is 0.335. The van der Waals surface area contributed by atoms with Crippen molar-refractivity contribution in [1.29, 1.82) is 5.41 Å². The Bertz CT molecular complexity index is 1010. The van der Waals surface area contributed by atoms with E-state index in [2.05, 4.69) is 9.88 Å². The molecule has 0 spiro atoms. The summed E-state index contributed by atoms with van der Waals surface area (Å²) in [7, 11) is 1.31. The van der Waals surface area contributed by atoms with Gasteiger partial charge in [-0.1, -0.05) is 13.8 Å². The molecule has 4 N–H and O–H groups in total. The van der Waals surface area contributed by atoms with Crippen LogP contribution < -0.4 is 10.2 Å². The van der Waals surface area contributed by atoms with Gasteiger partial charge >= 0.3 is 5.97 Å². The first-order chi connectivity index (χ1) is 15.5. The van der Waals surface area contributed by atoms with Crippen molar-refractivity contribution < 1.29 is 24.3 Å². The molecule has 33 heavy (non-hydrogen) atoms. The lowest BCUT2D eigenvalue weighted by Gasteiger charge is -2.39. The summed E-state index contributed by atoms with van der Waals surface area (Å²) in [5, 5.41) is 21.0. The van der Waals surface area contributed by atoms with Gasteiger partial charge in [-0.3, -0.25) is 5.32 Å². The number of esters is 1. The van der Waals surface area contributed by atoms with Crippen molar-refractivity contribution in [3.8, 4) is 0 Å². The molecular weight excluding hydrogens is 423 g/mol. The molecule has 1 aliphatic heterocycles. The number of nitrogens with zero attached hydrogens (tertiary/aromatic N) is 2. The number of hydrogen-bond donors (Lipinski definition) is 3. The lowest BCUT2D eigenvalue weighted by molar-refractivity contribution is -0.483. The summed E-state index contributed by atoms with van der Waals surface area (Å²) in [5.74, 6) is -0.312. The number of rotatable bonds is 7. The maximum Gasteiger partial charge on any atom is 0.356 e. The summed E-state index contributed by atoms with van der Waals surface area (Å²) in [4.78, 5) is 19.1. The Morgan fingerprint density at radius 2 is 1.88 bits per heavy atom. The first-order valence-corrected chi connectivity index (χ1v) is 11.3. The number of nitrogens with one attached hydrogen (secondary N) is 1. The number of aliphatic hydroxyl groups is 1. The van der Waals surface area contributed by atoms with E-state index in [0.717, 1.165) is 24.2 Å². The molecular formula is C25H34FN4O3+. The predicted molar refractivity (Wildman–Crippen MR) is 126 cm³/mol. The number of pyridine rings is 1. The fourth-order valence-electron chi connectivity index (χ4n) is 4.22. The van der Waals surface area contributed by atoms with Crippen LogP contribution in [0.4, 0.5) is 21.6 Å². The van der Waals surface area contributed by atoms with Crippen LogP contribution in [0.1, 0.15) is 56.6 Å². The molecule has 1 aromatic carbocycles. The van der Waals surface area contributed by atoms with Gasteiger partial charge in [0.15, 0.2) is 5.69 Å². The number of quaternary nitrogens is 1. The minimum Gasteiger partial charge on any atom is -0.464 e. The second kappa shape index (κ2) is 9.97. The topological polar surface area (TPSA) is 103 Å². The highest BCUT2D eigenvalue weighted by Crippen LogP contribution is 2.34. The van der Waals surface area contributed by atoms with Gasteiger partial charge in [-0.05, 0) is 56.7 Å². The standard InChI is InChI=1S/C25H33FN4O3/c1-15(2)22(27)21-20(30-12-10-16(11-13-30)25(3,4)32)14-19(24(31)33-5)29-23(21)28-18-8-6-17(26)7-9-18/h6-9,14-16,27,32H,10-13H2,1-5H3,(H,28,29)/p+1. The van der Waals surface area contributed by atoms with Gasteiger partial charge < -0.3 is 20.2 Å². The zero-order valence-electron chi connectivity index (χ0n) is 20.0. The Morgan fingerprint density at radius 1 is 1.27 bits per heavy atom. The molecule has 178 valence electrons. The molecule has 1 fully saturated rings. The number of hydrogen-bond acceptors (Lipinski definition) is 6. The van der Waals surface area contributed by atoms with Crippen molar-refractivity contribution in [3.05, 3.63) is 47.4 Å². The predicted octanol–water partition coefficient (Wildman–Crippen LogP) is 3.55. The number of nitrogens with two attached hydrogens (primary N) is 1. The molecule has 0 unspecified atom stereocenters. The van der Waals surface area contributed by atoms with Crippen molar-refractivity contribution >= 4 is 28.9 Å². The molecule has 7 nitrogen and oxygen atoms in total. The summed E-state index contributed by atoms with van der Waals surface area (Å²) in [6.45, 7) is 8.95. The van der Waals surface area contributed by atoms with Gasteiger partial charge in [-0.15, -0.1) is 0 Å². The fraction of sp³-hybridized carbons (Fsp3) is 0.480. The van der Waals surface area contributed by atoms with Crippen molar-refractivity contribution in [2.24, 2.45) is 11.8 Å². The monoisotopic (exact) mass is 457 g/mol. The van der Waals surface area contributed by atoms with Crippen LogP contribution in [0.25, 0.3) is 0 Å². The van der Waals surface area contributed by atoms with Crippen LogP contribution in [0.5, 0.6) is 0 Å². The van der Waals surface area contributed by atoms with E-state index in [4.69, 9.17) is 10.1 Å². The second-order valence-electron chi connectivity index (χ2n) is 9.46.